The van der Waals surface area contributed by atoms with Crippen LogP contribution >= 0.6 is 11.3 Å². The number of anilines is 1. The van der Waals surface area contributed by atoms with Crippen molar-refractivity contribution in [3.63, 3.8) is 0 Å². The number of ether oxygens (including phenoxy) is 1. The topological polar surface area (TPSA) is 107 Å². The molecule has 1 aromatic carbocycles. The van der Waals surface area contributed by atoms with Crippen LogP contribution in [0.5, 0.6) is 5.75 Å². The van der Waals surface area contributed by atoms with Crippen molar-refractivity contribution in [2.75, 3.05) is 12.3 Å². The second kappa shape index (κ2) is 7.68. The Balaban J connectivity index is 1.83. The van der Waals surface area contributed by atoms with Crippen molar-refractivity contribution >= 4 is 28.2 Å². The number of rotatable bonds is 7. The quantitative estimate of drug-likeness (QED) is 0.750. The zero-order chi connectivity index (χ0) is 16.8. The predicted molar refractivity (Wildman–Crippen MR) is 87.4 cm³/mol. The van der Waals surface area contributed by atoms with Gasteiger partial charge < -0.3 is 15.8 Å². The summed E-state index contributed by atoms with van der Waals surface area (Å²) in [4.78, 5) is 23.4. The number of carbonyl (C=O) groups excluding carboxylic acids is 2. The van der Waals surface area contributed by atoms with Crippen molar-refractivity contribution in [2.45, 2.75) is 26.3 Å². The Hall–Kier alpha value is -2.48. The van der Waals surface area contributed by atoms with Crippen molar-refractivity contribution in [3.8, 4) is 5.75 Å². The number of nitrogens with two attached hydrogens (primary N) is 1. The first kappa shape index (κ1) is 16.9. The van der Waals surface area contributed by atoms with Gasteiger partial charge in [0, 0.05) is 12.0 Å². The summed E-state index contributed by atoms with van der Waals surface area (Å²) in [6, 6.07) is 6.43. The maximum atomic E-state index is 11.9. The largest absolute Gasteiger partial charge is 0.484 e. The van der Waals surface area contributed by atoms with E-state index in [1.54, 1.807) is 31.2 Å². The molecule has 2 rings (SSSR count). The van der Waals surface area contributed by atoms with Gasteiger partial charge in [-0.2, -0.15) is 0 Å². The highest BCUT2D eigenvalue weighted by atomic mass is 32.1. The minimum absolute atomic E-state index is 0.0689. The molecule has 23 heavy (non-hydrogen) atoms. The second-order valence-corrected chi connectivity index (χ2v) is 5.90. The Morgan fingerprint density at radius 2 is 2.00 bits per heavy atom. The van der Waals surface area contributed by atoms with Crippen LogP contribution in [0.1, 0.15) is 41.7 Å². The van der Waals surface area contributed by atoms with Gasteiger partial charge in [0.25, 0.3) is 5.91 Å². The molecular weight excluding hydrogens is 316 g/mol. The number of ketones is 1. The van der Waals surface area contributed by atoms with E-state index in [-0.39, 0.29) is 24.3 Å². The Kier molecular flexibility index (Phi) is 5.64. The second-order valence-electron chi connectivity index (χ2n) is 4.86. The summed E-state index contributed by atoms with van der Waals surface area (Å²) in [5.74, 6) is 0.319. The first-order valence-corrected chi connectivity index (χ1v) is 7.95. The van der Waals surface area contributed by atoms with Crippen LogP contribution in [0.15, 0.2) is 24.3 Å². The number of hydrogen-bond donors (Lipinski definition) is 2. The average Bonchev–Trinajstić information content (AvgIpc) is 2.99. The highest BCUT2D eigenvalue weighted by Crippen LogP contribution is 2.18. The van der Waals surface area contributed by atoms with Gasteiger partial charge in [-0.15, -0.1) is 10.2 Å². The van der Waals surface area contributed by atoms with Crippen molar-refractivity contribution in [2.24, 2.45) is 0 Å². The van der Waals surface area contributed by atoms with Gasteiger partial charge in [0.15, 0.2) is 12.4 Å². The average molecular weight is 334 g/mol. The number of Topliss-reactive ketones (excluding diaryl/α,β-unsaturated/α-hetero) is 1. The van der Waals surface area contributed by atoms with E-state index < -0.39 is 0 Å². The highest BCUT2D eigenvalue weighted by molar-refractivity contribution is 7.15. The summed E-state index contributed by atoms with van der Waals surface area (Å²) in [5, 5.41) is 11.3. The van der Waals surface area contributed by atoms with Crippen LogP contribution in [-0.2, 0) is 4.79 Å². The van der Waals surface area contributed by atoms with Gasteiger partial charge in [0.2, 0.25) is 5.13 Å². The first-order valence-electron chi connectivity index (χ1n) is 7.14. The van der Waals surface area contributed by atoms with E-state index in [4.69, 9.17) is 10.5 Å². The molecule has 1 atom stereocenters. The number of nitrogen functional groups attached to an aromatic ring is 1. The molecule has 1 unspecified atom stereocenters. The fourth-order valence-corrected chi connectivity index (χ4v) is 2.47. The molecule has 8 heteroatoms. The zero-order valence-corrected chi connectivity index (χ0v) is 13.7. The van der Waals surface area contributed by atoms with Crippen LogP contribution in [0.2, 0.25) is 0 Å². The molecule has 0 fully saturated rings. The lowest BCUT2D eigenvalue weighted by Crippen LogP contribution is -2.31. The van der Waals surface area contributed by atoms with E-state index in [0.29, 0.717) is 27.9 Å². The van der Waals surface area contributed by atoms with E-state index in [1.165, 1.54) is 11.3 Å². The SMILES string of the molecule is CCC(=O)c1ccc(OCC(=O)NC(C)c2nnc(N)s2)cc1. The van der Waals surface area contributed by atoms with Gasteiger partial charge >= 0.3 is 0 Å². The van der Waals surface area contributed by atoms with Crippen molar-refractivity contribution in [1.29, 1.82) is 0 Å². The van der Waals surface area contributed by atoms with E-state index >= 15 is 0 Å². The number of aromatic nitrogens is 2. The third-order valence-electron chi connectivity index (χ3n) is 3.07. The van der Waals surface area contributed by atoms with Gasteiger partial charge in [-0.3, -0.25) is 9.59 Å². The zero-order valence-electron chi connectivity index (χ0n) is 12.9. The fraction of sp³-hybridized carbons (Fsp3) is 0.333. The molecule has 1 aromatic heterocycles. The van der Waals surface area contributed by atoms with Crippen molar-refractivity contribution in [3.05, 3.63) is 34.8 Å². The molecule has 0 saturated heterocycles. The molecule has 122 valence electrons. The molecule has 0 saturated carbocycles. The molecule has 1 amide bonds. The molecule has 3 N–H and O–H groups in total. The van der Waals surface area contributed by atoms with Crippen LogP contribution in [0.4, 0.5) is 5.13 Å². The third-order valence-corrected chi connectivity index (χ3v) is 4.01. The van der Waals surface area contributed by atoms with E-state index in [1.807, 2.05) is 6.92 Å². The summed E-state index contributed by atoms with van der Waals surface area (Å²) in [6.07, 6.45) is 0.455. The van der Waals surface area contributed by atoms with Gasteiger partial charge in [-0.25, -0.2) is 0 Å². The Labute approximate surface area is 137 Å². The lowest BCUT2D eigenvalue weighted by molar-refractivity contribution is -0.123. The van der Waals surface area contributed by atoms with Crippen molar-refractivity contribution in [1.82, 2.24) is 15.5 Å². The lowest BCUT2D eigenvalue weighted by atomic mass is 10.1. The molecular formula is C15H18N4O3S. The molecule has 7 nitrogen and oxygen atoms in total. The molecule has 0 aliphatic rings. The molecule has 1 heterocycles. The highest BCUT2D eigenvalue weighted by Gasteiger charge is 2.14. The smallest absolute Gasteiger partial charge is 0.258 e. The molecule has 0 bridgehead atoms. The fourth-order valence-electron chi connectivity index (χ4n) is 1.86. The van der Waals surface area contributed by atoms with E-state index in [2.05, 4.69) is 15.5 Å². The van der Waals surface area contributed by atoms with Gasteiger partial charge in [-0.05, 0) is 31.2 Å². The van der Waals surface area contributed by atoms with Crippen LogP contribution in [0.3, 0.4) is 0 Å². The van der Waals surface area contributed by atoms with Gasteiger partial charge in [0.05, 0.1) is 6.04 Å². The summed E-state index contributed by atoms with van der Waals surface area (Å²) in [7, 11) is 0. The maximum absolute atomic E-state index is 11.9. The molecule has 0 aliphatic heterocycles. The minimum atomic E-state index is -0.287. The minimum Gasteiger partial charge on any atom is -0.484 e. The summed E-state index contributed by atoms with van der Waals surface area (Å²) < 4.78 is 5.40. The third kappa shape index (κ3) is 4.75. The van der Waals surface area contributed by atoms with Crippen LogP contribution in [-0.4, -0.2) is 28.5 Å². The monoisotopic (exact) mass is 334 g/mol. The number of benzene rings is 1. The van der Waals surface area contributed by atoms with Crippen LogP contribution in [0, 0.1) is 0 Å². The van der Waals surface area contributed by atoms with Crippen LogP contribution in [0.25, 0.3) is 0 Å². The summed E-state index contributed by atoms with van der Waals surface area (Å²) in [5.41, 5.74) is 6.14. The molecule has 2 aromatic rings. The lowest BCUT2D eigenvalue weighted by Gasteiger charge is -2.11. The summed E-state index contributed by atoms with van der Waals surface area (Å²) in [6.45, 7) is 3.48. The van der Waals surface area contributed by atoms with Crippen LogP contribution < -0.4 is 15.8 Å². The Bertz CT molecular complexity index is 684. The predicted octanol–water partition coefficient (Wildman–Crippen LogP) is 1.97. The molecule has 0 aliphatic carbocycles. The summed E-state index contributed by atoms with van der Waals surface area (Å²) >= 11 is 1.23. The number of nitrogens with zero attached hydrogens (tertiary/aromatic N) is 2. The first-order chi connectivity index (χ1) is 11.0. The maximum Gasteiger partial charge on any atom is 0.258 e. The normalized spacial score (nSPS) is 11.7. The van der Waals surface area contributed by atoms with Gasteiger partial charge in [-0.1, -0.05) is 18.3 Å². The number of amides is 1. The van der Waals surface area contributed by atoms with E-state index in [9.17, 15) is 9.59 Å². The van der Waals surface area contributed by atoms with E-state index in [0.717, 1.165) is 0 Å². The number of carbonyl (C=O) groups is 2. The molecule has 0 radical (unpaired) electrons. The number of hydrogen-bond acceptors (Lipinski definition) is 7. The Morgan fingerprint density at radius 1 is 1.30 bits per heavy atom. The Morgan fingerprint density at radius 3 is 2.57 bits per heavy atom. The molecule has 0 spiro atoms. The van der Waals surface area contributed by atoms with Gasteiger partial charge in [0.1, 0.15) is 10.8 Å². The number of nitrogens with one attached hydrogen (secondary N) is 1. The van der Waals surface area contributed by atoms with Crippen molar-refractivity contribution < 1.29 is 14.3 Å². The standard InChI is InChI=1S/C15H18N4O3S/c1-3-12(20)10-4-6-11(7-5-10)22-8-13(21)17-9(2)14-18-19-15(16)23-14/h4-7,9H,3,8H2,1-2H3,(H2,16,19)(H,17,21).